The van der Waals surface area contributed by atoms with E-state index in [1.807, 2.05) is 48.2 Å². The van der Waals surface area contributed by atoms with Crippen molar-refractivity contribution < 1.29 is 9.53 Å². The Kier molecular flexibility index (Phi) is 7.07. The number of aromatic nitrogens is 2. The van der Waals surface area contributed by atoms with E-state index in [0.717, 1.165) is 47.9 Å². The third-order valence-corrected chi connectivity index (χ3v) is 6.01. The van der Waals surface area contributed by atoms with E-state index in [1.54, 1.807) is 23.9 Å². The number of hydrogen-bond donors (Lipinski definition) is 1. The lowest BCUT2D eigenvalue weighted by molar-refractivity contribution is -0.132. The summed E-state index contributed by atoms with van der Waals surface area (Å²) in [6.45, 7) is 3.80. The number of anilines is 2. The second-order valence-corrected chi connectivity index (χ2v) is 8.44. The monoisotopic (exact) mass is 446 g/mol. The van der Waals surface area contributed by atoms with Crippen LogP contribution in [0, 0.1) is 6.92 Å². The summed E-state index contributed by atoms with van der Waals surface area (Å²) >= 11 is 0. The van der Waals surface area contributed by atoms with Gasteiger partial charge in [0.2, 0.25) is 5.91 Å². The Labute approximate surface area is 194 Å². The molecule has 1 amide bonds. The molecule has 1 saturated heterocycles. The van der Waals surface area contributed by atoms with Gasteiger partial charge in [-0.25, -0.2) is 0 Å². The summed E-state index contributed by atoms with van der Waals surface area (Å²) in [7, 11) is 1.65. The van der Waals surface area contributed by atoms with Gasteiger partial charge in [-0.15, -0.1) is 0 Å². The van der Waals surface area contributed by atoms with Crippen LogP contribution in [0.2, 0.25) is 0 Å². The van der Waals surface area contributed by atoms with Crippen LogP contribution < -0.4 is 15.6 Å². The van der Waals surface area contributed by atoms with Crippen LogP contribution in [0.4, 0.5) is 11.4 Å². The molecule has 33 heavy (non-hydrogen) atoms. The molecule has 1 aliphatic rings. The molecule has 7 heteroatoms. The highest BCUT2D eigenvalue weighted by atomic mass is 16.5. The molecule has 7 nitrogen and oxygen atoms in total. The number of ether oxygens (including phenoxy) is 1. The number of piperidine rings is 1. The van der Waals surface area contributed by atoms with Crippen molar-refractivity contribution in [3.63, 3.8) is 0 Å². The molecule has 4 rings (SSSR count). The number of methoxy groups -OCH3 is 1. The molecule has 1 N–H and O–H groups in total. The molecule has 1 aromatic carbocycles. The predicted molar refractivity (Wildman–Crippen MR) is 129 cm³/mol. The molecule has 1 unspecified atom stereocenters. The molecule has 0 aliphatic carbocycles. The summed E-state index contributed by atoms with van der Waals surface area (Å²) in [5.74, 6) is 1.09. The number of amides is 1. The molecular formula is C26H30N4O3. The van der Waals surface area contributed by atoms with Crippen molar-refractivity contribution in [2.45, 2.75) is 38.6 Å². The zero-order valence-electron chi connectivity index (χ0n) is 19.2. The molecule has 0 saturated carbocycles. The molecule has 0 radical (unpaired) electrons. The highest BCUT2D eigenvalue weighted by Gasteiger charge is 2.26. The number of likely N-dealkylation sites (tertiary alicyclic amines) is 1. The predicted octanol–water partition coefficient (Wildman–Crippen LogP) is 4.10. The van der Waals surface area contributed by atoms with Gasteiger partial charge in [-0.2, -0.15) is 0 Å². The van der Waals surface area contributed by atoms with Gasteiger partial charge in [0.15, 0.2) is 0 Å². The summed E-state index contributed by atoms with van der Waals surface area (Å²) < 4.78 is 6.81. The maximum atomic E-state index is 12.9. The zero-order valence-corrected chi connectivity index (χ0v) is 19.2. The first-order valence-electron chi connectivity index (χ1n) is 11.3. The Morgan fingerprint density at radius 2 is 1.97 bits per heavy atom. The van der Waals surface area contributed by atoms with E-state index in [1.165, 1.54) is 6.07 Å². The molecule has 2 aromatic heterocycles. The first kappa shape index (κ1) is 22.6. The molecule has 1 fully saturated rings. The van der Waals surface area contributed by atoms with Gasteiger partial charge in [-0.05, 0) is 62.2 Å². The third kappa shape index (κ3) is 5.80. The zero-order chi connectivity index (χ0) is 23.2. The van der Waals surface area contributed by atoms with Crippen LogP contribution in [-0.2, 0) is 11.3 Å². The number of carbonyl (C=O) groups is 1. The Morgan fingerprint density at radius 3 is 2.73 bits per heavy atom. The summed E-state index contributed by atoms with van der Waals surface area (Å²) in [5, 5.41) is 3.44. The highest BCUT2D eigenvalue weighted by molar-refractivity contribution is 5.76. The van der Waals surface area contributed by atoms with Gasteiger partial charge in [-0.1, -0.05) is 6.07 Å². The molecule has 1 aliphatic heterocycles. The first-order valence-corrected chi connectivity index (χ1v) is 11.3. The van der Waals surface area contributed by atoms with Gasteiger partial charge in [0.25, 0.3) is 5.56 Å². The van der Waals surface area contributed by atoms with Gasteiger partial charge < -0.3 is 19.5 Å². The fourth-order valence-electron chi connectivity index (χ4n) is 4.28. The number of pyridine rings is 2. The fraction of sp³-hybridized carbons (Fsp3) is 0.346. The number of hydrogen-bond acceptors (Lipinski definition) is 5. The first-order chi connectivity index (χ1) is 16.0. The van der Waals surface area contributed by atoms with E-state index in [-0.39, 0.29) is 17.4 Å². The van der Waals surface area contributed by atoms with E-state index in [4.69, 9.17) is 9.72 Å². The van der Waals surface area contributed by atoms with Crippen LogP contribution in [0.25, 0.3) is 0 Å². The quantitative estimate of drug-likeness (QED) is 0.591. The van der Waals surface area contributed by atoms with E-state index in [0.29, 0.717) is 19.5 Å². The normalized spacial score (nSPS) is 15.8. The molecule has 172 valence electrons. The summed E-state index contributed by atoms with van der Waals surface area (Å²) in [6, 6.07) is 16.9. The molecule has 0 spiro atoms. The van der Waals surface area contributed by atoms with Crippen molar-refractivity contribution >= 4 is 17.3 Å². The van der Waals surface area contributed by atoms with Crippen LogP contribution in [0.5, 0.6) is 5.75 Å². The van der Waals surface area contributed by atoms with Crippen molar-refractivity contribution in [1.82, 2.24) is 14.5 Å². The van der Waals surface area contributed by atoms with Gasteiger partial charge in [0.05, 0.1) is 7.11 Å². The second kappa shape index (κ2) is 10.3. The maximum absolute atomic E-state index is 12.9. The number of benzene rings is 1. The van der Waals surface area contributed by atoms with E-state index in [9.17, 15) is 9.59 Å². The highest BCUT2D eigenvalue weighted by Crippen LogP contribution is 2.29. The summed E-state index contributed by atoms with van der Waals surface area (Å²) in [6.07, 6.45) is 3.99. The number of nitrogens with one attached hydrogen (secondary N) is 1. The SMILES string of the molecule is COc1ccc(Nc2cc(C)nc(C3CCCN(C(=O)CCn4ccccc4=O)C3)c2)cc1. The lowest BCUT2D eigenvalue weighted by atomic mass is 9.93. The van der Waals surface area contributed by atoms with Crippen molar-refractivity contribution in [3.05, 3.63) is 82.5 Å². The largest absolute Gasteiger partial charge is 0.497 e. The average molecular weight is 447 g/mol. The standard InChI is InChI=1S/C26H30N4O3/c1-19-16-22(28-21-8-10-23(33-2)11-9-21)17-24(27-19)20-6-5-14-30(18-20)26(32)12-15-29-13-4-3-7-25(29)31/h3-4,7-11,13,16-17,20H,5-6,12,14-15,18H2,1-2H3,(H,27,28). The third-order valence-electron chi connectivity index (χ3n) is 6.01. The van der Waals surface area contributed by atoms with Crippen LogP contribution in [-0.4, -0.2) is 40.6 Å². The summed E-state index contributed by atoms with van der Waals surface area (Å²) in [5.41, 5.74) is 3.82. The number of rotatable bonds is 7. The minimum absolute atomic E-state index is 0.0809. The van der Waals surface area contributed by atoms with Crippen LogP contribution in [0.1, 0.15) is 36.6 Å². The summed E-state index contributed by atoms with van der Waals surface area (Å²) in [4.78, 5) is 31.4. The second-order valence-electron chi connectivity index (χ2n) is 8.44. The topological polar surface area (TPSA) is 76.5 Å². The van der Waals surface area contributed by atoms with Crippen molar-refractivity contribution in [2.24, 2.45) is 0 Å². The van der Waals surface area contributed by atoms with Crippen molar-refractivity contribution in [3.8, 4) is 5.75 Å². The lowest BCUT2D eigenvalue weighted by Crippen LogP contribution is -2.40. The Bertz CT molecular complexity index is 1160. The van der Waals surface area contributed by atoms with Crippen molar-refractivity contribution in [2.75, 3.05) is 25.5 Å². The number of aryl methyl sites for hydroxylation is 2. The fourth-order valence-corrected chi connectivity index (χ4v) is 4.28. The number of nitrogens with zero attached hydrogens (tertiary/aromatic N) is 3. The molecular weight excluding hydrogens is 416 g/mol. The molecule has 1 atom stereocenters. The van der Waals surface area contributed by atoms with Crippen molar-refractivity contribution in [1.29, 1.82) is 0 Å². The Morgan fingerprint density at radius 1 is 1.15 bits per heavy atom. The van der Waals surface area contributed by atoms with Gasteiger partial charge in [0.1, 0.15) is 5.75 Å². The average Bonchev–Trinajstić information content (AvgIpc) is 2.83. The lowest BCUT2D eigenvalue weighted by Gasteiger charge is -2.33. The van der Waals surface area contributed by atoms with E-state index >= 15 is 0 Å². The van der Waals surface area contributed by atoms with Crippen LogP contribution in [0.3, 0.4) is 0 Å². The molecule has 3 aromatic rings. The molecule has 3 heterocycles. The Balaban J connectivity index is 1.42. The maximum Gasteiger partial charge on any atom is 0.250 e. The molecule has 0 bridgehead atoms. The Hall–Kier alpha value is -3.61. The van der Waals surface area contributed by atoms with Crippen LogP contribution >= 0.6 is 0 Å². The van der Waals surface area contributed by atoms with Gasteiger partial charge in [0, 0.05) is 67.0 Å². The van der Waals surface area contributed by atoms with Crippen LogP contribution in [0.15, 0.2) is 65.6 Å². The van der Waals surface area contributed by atoms with Gasteiger partial charge in [-0.3, -0.25) is 14.6 Å². The van der Waals surface area contributed by atoms with E-state index < -0.39 is 0 Å². The smallest absolute Gasteiger partial charge is 0.250 e. The number of carbonyl (C=O) groups excluding carboxylic acids is 1. The van der Waals surface area contributed by atoms with E-state index in [2.05, 4.69) is 11.4 Å². The van der Waals surface area contributed by atoms with Gasteiger partial charge >= 0.3 is 0 Å². The minimum Gasteiger partial charge on any atom is -0.497 e. The minimum atomic E-state index is -0.0809.